The van der Waals surface area contributed by atoms with Crippen LogP contribution in [0.15, 0.2) is 39.0 Å². The smallest absolute Gasteiger partial charge is 0.332 e. The number of aliphatic hydroxyl groups excluding tert-OH is 1. The van der Waals surface area contributed by atoms with Gasteiger partial charge in [0.2, 0.25) is 5.95 Å². The van der Waals surface area contributed by atoms with E-state index in [4.69, 9.17) is 4.74 Å². The summed E-state index contributed by atoms with van der Waals surface area (Å²) in [7, 11) is 4.60. The van der Waals surface area contributed by atoms with E-state index in [2.05, 4.69) is 10.1 Å². The Kier molecular flexibility index (Phi) is 4.27. The van der Waals surface area contributed by atoms with Gasteiger partial charge in [-0.15, -0.1) is 0 Å². The summed E-state index contributed by atoms with van der Waals surface area (Å²) in [5.74, 6) is 1.10. The number of anilines is 1. The molecule has 0 bridgehead atoms. The molecular weight excluding hydrogens is 364 g/mol. The number of methoxy groups -OCH3 is 1. The highest BCUT2D eigenvalue weighted by Gasteiger charge is 2.27. The fourth-order valence-electron chi connectivity index (χ4n) is 3.35. The second-order valence-electron chi connectivity index (χ2n) is 6.50. The van der Waals surface area contributed by atoms with E-state index in [1.54, 1.807) is 23.7 Å². The lowest BCUT2D eigenvalue weighted by Gasteiger charge is -2.25. The van der Waals surface area contributed by atoms with Gasteiger partial charge >= 0.3 is 5.69 Å². The van der Waals surface area contributed by atoms with Gasteiger partial charge in [0.15, 0.2) is 11.2 Å². The van der Waals surface area contributed by atoms with Crippen LogP contribution in [0.5, 0.6) is 5.75 Å². The Labute approximate surface area is 159 Å². The van der Waals surface area contributed by atoms with Crippen LogP contribution in [0.2, 0.25) is 0 Å². The highest BCUT2D eigenvalue weighted by atomic mass is 16.5. The molecule has 0 amide bonds. The van der Waals surface area contributed by atoms with Crippen LogP contribution in [0.1, 0.15) is 5.56 Å². The lowest BCUT2D eigenvalue weighted by atomic mass is 10.1. The SMILES string of the molecule is COc1cccc(C2=NN(CCO)c3nc4c(c(=O)n(C)c(=O)n4C)n3C2)c1. The minimum Gasteiger partial charge on any atom is -0.497 e. The van der Waals surface area contributed by atoms with Gasteiger partial charge in [0.25, 0.3) is 5.56 Å². The summed E-state index contributed by atoms with van der Waals surface area (Å²) < 4.78 is 9.42. The molecule has 3 heterocycles. The van der Waals surface area contributed by atoms with E-state index in [0.717, 1.165) is 10.1 Å². The van der Waals surface area contributed by atoms with Gasteiger partial charge in [-0.25, -0.2) is 9.80 Å². The summed E-state index contributed by atoms with van der Waals surface area (Å²) >= 11 is 0. The van der Waals surface area contributed by atoms with Crippen molar-refractivity contribution in [3.05, 3.63) is 50.7 Å². The zero-order valence-electron chi connectivity index (χ0n) is 15.8. The minimum absolute atomic E-state index is 0.144. The maximum absolute atomic E-state index is 12.8. The number of nitrogens with zero attached hydrogens (tertiary/aromatic N) is 6. The van der Waals surface area contributed by atoms with Gasteiger partial charge in [0, 0.05) is 19.7 Å². The fourth-order valence-corrected chi connectivity index (χ4v) is 3.35. The first kappa shape index (κ1) is 18.0. The largest absolute Gasteiger partial charge is 0.497 e. The van der Waals surface area contributed by atoms with Crippen molar-refractivity contribution >= 4 is 22.8 Å². The van der Waals surface area contributed by atoms with Gasteiger partial charge in [-0.2, -0.15) is 10.1 Å². The molecule has 1 N–H and O–H groups in total. The van der Waals surface area contributed by atoms with Crippen molar-refractivity contribution in [1.82, 2.24) is 18.7 Å². The van der Waals surface area contributed by atoms with E-state index >= 15 is 0 Å². The maximum Gasteiger partial charge on any atom is 0.332 e. The van der Waals surface area contributed by atoms with Crippen LogP contribution in [-0.4, -0.2) is 49.8 Å². The number of β-amino-alcohol motifs (C(OH)–C–C–N with tert-alkyl or cyclic N) is 1. The first-order chi connectivity index (χ1) is 13.5. The van der Waals surface area contributed by atoms with Crippen LogP contribution in [-0.2, 0) is 20.6 Å². The fraction of sp³-hybridized carbons (Fsp3) is 0.333. The summed E-state index contributed by atoms with van der Waals surface area (Å²) in [5.41, 5.74) is 1.25. The van der Waals surface area contributed by atoms with Gasteiger partial charge < -0.3 is 9.84 Å². The molecule has 28 heavy (non-hydrogen) atoms. The minimum atomic E-state index is -0.449. The Morgan fingerprint density at radius 2 is 2.00 bits per heavy atom. The van der Waals surface area contributed by atoms with Crippen LogP contribution >= 0.6 is 0 Å². The summed E-state index contributed by atoms with van der Waals surface area (Å²) in [6, 6.07) is 7.45. The number of aryl methyl sites for hydroxylation is 1. The molecular formula is C18H20N6O4. The molecule has 0 unspecified atom stereocenters. The molecule has 0 spiro atoms. The van der Waals surface area contributed by atoms with Crippen LogP contribution in [0.25, 0.3) is 11.2 Å². The van der Waals surface area contributed by atoms with Gasteiger partial charge in [-0.05, 0) is 12.1 Å². The number of hydrazone groups is 1. The van der Waals surface area contributed by atoms with Gasteiger partial charge in [-0.1, -0.05) is 12.1 Å². The second-order valence-corrected chi connectivity index (χ2v) is 6.50. The average molecular weight is 384 g/mol. The van der Waals surface area contributed by atoms with Crippen molar-refractivity contribution in [2.75, 3.05) is 25.3 Å². The summed E-state index contributed by atoms with van der Waals surface area (Å²) in [4.78, 5) is 29.5. The summed E-state index contributed by atoms with van der Waals surface area (Å²) in [6.45, 7) is 0.356. The molecule has 10 nitrogen and oxygen atoms in total. The topological polar surface area (TPSA) is 107 Å². The number of ether oxygens (including phenoxy) is 1. The van der Waals surface area contributed by atoms with Crippen molar-refractivity contribution in [3.63, 3.8) is 0 Å². The summed E-state index contributed by atoms with van der Waals surface area (Å²) in [5, 5.41) is 15.6. The van der Waals surface area contributed by atoms with E-state index in [1.807, 2.05) is 24.3 Å². The third-order valence-electron chi connectivity index (χ3n) is 4.82. The quantitative estimate of drug-likeness (QED) is 0.660. The summed E-state index contributed by atoms with van der Waals surface area (Å²) in [6.07, 6.45) is 0. The Balaban J connectivity index is 1.95. The number of imidazole rings is 1. The Bertz CT molecular complexity index is 1220. The second kappa shape index (κ2) is 6.64. The first-order valence-corrected chi connectivity index (χ1v) is 8.72. The van der Waals surface area contributed by atoms with Crippen molar-refractivity contribution in [2.45, 2.75) is 6.54 Å². The van der Waals surface area contributed by atoms with E-state index in [9.17, 15) is 14.7 Å². The van der Waals surface area contributed by atoms with Crippen LogP contribution < -0.4 is 21.0 Å². The number of aromatic nitrogens is 4. The molecule has 1 aliphatic rings. The van der Waals surface area contributed by atoms with Crippen LogP contribution in [0.3, 0.4) is 0 Å². The molecule has 0 saturated heterocycles. The van der Waals surface area contributed by atoms with E-state index in [-0.39, 0.29) is 18.8 Å². The highest BCUT2D eigenvalue weighted by molar-refractivity contribution is 6.03. The molecule has 146 valence electrons. The van der Waals surface area contributed by atoms with Gasteiger partial charge in [-0.3, -0.25) is 18.5 Å². The normalized spacial score (nSPS) is 13.6. The molecule has 0 radical (unpaired) electrons. The van der Waals surface area contributed by atoms with Crippen molar-refractivity contribution in [1.29, 1.82) is 0 Å². The van der Waals surface area contributed by atoms with E-state index in [0.29, 0.717) is 29.5 Å². The third kappa shape index (κ3) is 2.61. The number of rotatable bonds is 4. The van der Waals surface area contributed by atoms with Crippen LogP contribution in [0.4, 0.5) is 5.95 Å². The number of aliphatic hydroxyl groups is 1. The van der Waals surface area contributed by atoms with Crippen molar-refractivity contribution in [2.24, 2.45) is 19.2 Å². The third-order valence-corrected chi connectivity index (χ3v) is 4.82. The molecule has 10 heteroatoms. The standard InChI is InChI=1S/C18H20N6O4/c1-21-15-14(16(26)22(2)18(21)27)23-10-13(11-5-4-6-12(9-11)28-3)20-24(7-8-25)17(23)19-15/h4-6,9,25H,7-8,10H2,1-3H3. The number of fused-ring (bicyclic) bond motifs is 3. The molecule has 1 aliphatic heterocycles. The number of benzene rings is 1. The molecule has 0 atom stereocenters. The van der Waals surface area contributed by atoms with Crippen LogP contribution in [0, 0.1) is 0 Å². The van der Waals surface area contributed by atoms with E-state index < -0.39 is 11.2 Å². The molecule has 0 fully saturated rings. The zero-order valence-corrected chi connectivity index (χ0v) is 15.8. The van der Waals surface area contributed by atoms with E-state index in [1.165, 1.54) is 11.6 Å². The van der Waals surface area contributed by atoms with Gasteiger partial charge in [0.05, 0.1) is 32.5 Å². The Morgan fingerprint density at radius 1 is 1.21 bits per heavy atom. The molecule has 2 aromatic heterocycles. The first-order valence-electron chi connectivity index (χ1n) is 8.72. The van der Waals surface area contributed by atoms with Crippen molar-refractivity contribution in [3.8, 4) is 5.75 Å². The Morgan fingerprint density at radius 3 is 2.71 bits per heavy atom. The molecule has 1 aromatic carbocycles. The number of hydrogen-bond acceptors (Lipinski definition) is 7. The average Bonchev–Trinajstić information content (AvgIpc) is 3.11. The number of hydrogen-bond donors (Lipinski definition) is 1. The van der Waals surface area contributed by atoms with Gasteiger partial charge in [0.1, 0.15) is 5.75 Å². The predicted molar refractivity (Wildman–Crippen MR) is 104 cm³/mol. The maximum atomic E-state index is 12.8. The monoisotopic (exact) mass is 384 g/mol. The van der Waals surface area contributed by atoms with Crippen molar-refractivity contribution < 1.29 is 9.84 Å². The Hall–Kier alpha value is -3.40. The molecule has 0 aliphatic carbocycles. The predicted octanol–water partition coefficient (Wildman–Crippen LogP) is -0.341. The molecule has 0 saturated carbocycles. The lowest BCUT2D eigenvalue weighted by Crippen LogP contribution is -2.38. The lowest BCUT2D eigenvalue weighted by molar-refractivity contribution is 0.301. The molecule has 4 rings (SSSR count). The molecule has 3 aromatic rings. The zero-order chi connectivity index (χ0) is 20.0. The highest BCUT2D eigenvalue weighted by Crippen LogP contribution is 2.26.